The molecule has 2 unspecified atom stereocenters. The van der Waals surface area contributed by atoms with Gasteiger partial charge < -0.3 is 29.0 Å². The Balaban J connectivity index is 1.08. The third kappa shape index (κ3) is 12.4. The number of rotatable bonds is 18. The van der Waals surface area contributed by atoms with Crippen molar-refractivity contribution in [2.24, 2.45) is 0 Å². The Bertz CT molecular complexity index is 2680. The number of amides is 1. The molecule has 7 aromatic carbocycles. The summed E-state index contributed by atoms with van der Waals surface area (Å²) in [5.74, 6) is -1.46. The third-order valence-electron chi connectivity index (χ3n) is 11.5. The highest BCUT2D eigenvalue weighted by Gasteiger charge is 2.32. The number of nitrogens with one attached hydrogen (secondary N) is 1. The van der Waals surface area contributed by atoms with Gasteiger partial charge in [-0.15, -0.1) is 0 Å². The first-order valence-corrected chi connectivity index (χ1v) is 22.5. The van der Waals surface area contributed by atoms with Gasteiger partial charge in [0.2, 0.25) is 5.78 Å². The van der Waals surface area contributed by atoms with Gasteiger partial charge in [-0.3, -0.25) is 9.59 Å². The summed E-state index contributed by atoms with van der Waals surface area (Å²) in [5.41, 5.74) is 4.14. The van der Waals surface area contributed by atoms with E-state index in [0.717, 1.165) is 41.5 Å². The molecule has 0 radical (unpaired) electrons. The van der Waals surface area contributed by atoms with Crippen LogP contribution in [0.2, 0.25) is 0 Å². The molecule has 0 spiro atoms. The molecule has 0 aromatic heterocycles. The average molecular weight is 894 g/mol. The maximum Gasteiger partial charge on any atom is 0.339 e. The lowest BCUT2D eigenvalue weighted by molar-refractivity contribution is 0.0178. The fourth-order valence-corrected chi connectivity index (χ4v) is 7.90. The van der Waals surface area contributed by atoms with Gasteiger partial charge in [0, 0.05) is 11.1 Å². The number of benzene rings is 7. The van der Waals surface area contributed by atoms with E-state index in [1.165, 1.54) is 12.1 Å². The maximum absolute atomic E-state index is 15.0. The van der Waals surface area contributed by atoms with Crippen LogP contribution in [0, 0.1) is 0 Å². The van der Waals surface area contributed by atoms with Gasteiger partial charge in [0.15, 0.2) is 0 Å². The molecule has 0 bridgehead atoms. The molecule has 7 aromatic rings. The van der Waals surface area contributed by atoms with E-state index in [1.807, 2.05) is 121 Å². The molecule has 1 amide bonds. The molecule has 0 saturated heterocycles. The summed E-state index contributed by atoms with van der Waals surface area (Å²) in [6.45, 7) is 0.520. The predicted octanol–water partition coefficient (Wildman–Crippen LogP) is 11.3. The van der Waals surface area contributed by atoms with Gasteiger partial charge in [-0.25, -0.2) is 9.59 Å². The van der Waals surface area contributed by atoms with Crippen LogP contribution in [0.3, 0.4) is 0 Å². The van der Waals surface area contributed by atoms with Crippen molar-refractivity contribution in [2.45, 2.75) is 70.7 Å². The van der Waals surface area contributed by atoms with E-state index in [0.29, 0.717) is 30.8 Å². The number of ether oxygens (including phenoxy) is 5. The Labute approximate surface area is 390 Å². The van der Waals surface area contributed by atoms with Crippen molar-refractivity contribution >= 4 is 23.6 Å². The van der Waals surface area contributed by atoms with Gasteiger partial charge in [0.05, 0.1) is 17.2 Å². The Morgan fingerprint density at radius 3 is 1.49 bits per heavy atom. The van der Waals surface area contributed by atoms with E-state index in [9.17, 15) is 19.2 Å². The van der Waals surface area contributed by atoms with E-state index < -0.39 is 29.9 Å². The van der Waals surface area contributed by atoms with Crippen LogP contribution in [0.1, 0.15) is 101 Å². The first-order valence-electron chi connectivity index (χ1n) is 22.5. The number of esters is 2. The monoisotopic (exact) mass is 893 g/mol. The van der Waals surface area contributed by atoms with Crippen molar-refractivity contribution in [3.63, 3.8) is 0 Å². The van der Waals surface area contributed by atoms with E-state index >= 15 is 0 Å². The highest BCUT2D eigenvalue weighted by Crippen LogP contribution is 2.36. The van der Waals surface area contributed by atoms with Crippen LogP contribution in [0.4, 0.5) is 0 Å². The molecule has 0 aliphatic heterocycles. The third-order valence-corrected chi connectivity index (χ3v) is 11.5. The Kier molecular flexibility index (Phi) is 15.5. The second-order valence-electron chi connectivity index (χ2n) is 16.3. The number of hydrogen-bond donors (Lipinski definition) is 1. The molecule has 1 aliphatic rings. The van der Waals surface area contributed by atoms with Crippen molar-refractivity contribution in [3.05, 3.63) is 232 Å². The molecule has 10 heteroatoms. The molecule has 0 heterocycles. The van der Waals surface area contributed by atoms with Crippen LogP contribution in [-0.4, -0.2) is 35.8 Å². The van der Waals surface area contributed by atoms with Crippen LogP contribution in [-0.2, 0) is 35.9 Å². The summed E-state index contributed by atoms with van der Waals surface area (Å²) in [4.78, 5) is 56.8. The lowest BCUT2D eigenvalue weighted by atomic mass is 9.95. The van der Waals surface area contributed by atoms with E-state index in [1.54, 1.807) is 48.5 Å². The highest BCUT2D eigenvalue weighted by molar-refractivity contribution is 6.17. The fraction of sp³-hybridized carbons (Fsp3) is 0.193. The topological polar surface area (TPSA) is 126 Å². The standard InChI is InChI=1S/C57H51NO9/c59-54(47-26-16-17-27-48(47)57(62)66-39-43-24-12-4-13-25-43)53-51(64-37-41-20-8-2-9-21-41)34-45(35-52(53)65-38-42-22-10-3-11-23-42)56(61)67-50-29-15-5-14-28-49(50)58-55(60)44-30-32-46(33-31-44)63-36-40-18-6-1-7-19-40/h1-4,6-13,16-27,30-35,49-50H,5,14-15,28-29,36-39H2,(H,58,60). The molecule has 67 heavy (non-hydrogen) atoms. The minimum atomic E-state index is -0.679. The summed E-state index contributed by atoms with van der Waals surface area (Å²) in [6.07, 6.45) is 3.06. The zero-order chi connectivity index (χ0) is 46.2. The van der Waals surface area contributed by atoms with Crippen molar-refractivity contribution in [3.8, 4) is 17.2 Å². The molecule has 1 fully saturated rings. The number of carbonyl (C=O) groups is 4. The van der Waals surface area contributed by atoms with E-state index in [4.69, 9.17) is 23.7 Å². The maximum atomic E-state index is 15.0. The van der Waals surface area contributed by atoms with E-state index in [-0.39, 0.29) is 59.5 Å². The summed E-state index contributed by atoms with van der Waals surface area (Å²) < 4.78 is 30.8. The number of hydrogen-bond acceptors (Lipinski definition) is 9. The lowest BCUT2D eigenvalue weighted by Gasteiger charge is -2.26. The van der Waals surface area contributed by atoms with Crippen LogP contribution in [0.15, 0.2) is 182 Å². The summed E-state index contributed by atoms with van der Waals surface area (Å²) in [7, 11) is 0. The highest BCUT2D eigenvalue weighted by atomic mass is 16.5. The molecule has 338 valence electrons. The van der Waals surface area contributed by atoms with Gasteiger partial charge in [-0.2, -0.15) is 0 Å². The average Bonchev–Trinajstić information content (AvgIpc) is 3.61. The molecule has 2 atom stereocenters. The van der Waals surface area contributed by atoms with Gasteiger partial charge in [-0.1, -0.05) is 152 Å². The van der Waals surface area contributed by atoms with Crippen LogP contribution < -0.4 is 19.5 Å². The Morgan fingerprint density at radius 1 is 0.463 bits per heavy atom. The van der Waals surface area contributed by atoms with Crippen LogP contribution in [0.25, 0.3) is 0 Å². The molecule has 8 rings (SSSR count). The summed E-state index contributed by atoms with van der Waals surface area (Å²) >= 11 is 0. The van der Waals surface area contributed by atoms with Crippen molar-refractivity contribution < 1.29 is 42.9 Å². The minimum absolute atomic E-state index is 0.0134. The van der Waals surface area contributed by atoms with Crippen LogP contribution >= 0.6 is 0 Å². The fourth-order valence-electron chi connectivity index (χ4n) is 7.90. The quantitative estimate of drug-likeness (QED) is 0.0509. The summed E-state index contributed by atoms with van der Waals surface area (Å²) in [5, 5.41) is 3.15. The molecule has 1 N–H and O–H groups in total. The van der Waals surface area contributed by atoms with E-state index in [2.05, 4.69) is 5.32 Å². The predicted molar refractivity (Wildman–Crippen MR) is 254 cm³/mol. The zero-order valence-corrected chi connectivity index (χ0v) is 37.0. The molecular formula is C57H51NO9. The SMILES string of the molecule is O=C(NC1CCCCCC1OC(=O)c1cc(OCc2ccccc2)c(C(=O)c2ccccc2C(=O)OCc2ccccc2)c(OCc2ccccc2)c1)c1ccc(OCc2ccccc2)cc1. The number of ketones is 1. The minimum Gasteiger partial charge on any atom is -0.489 e. The lowest BCUT2D eigenvalue weighted by Crippen LogP contribution is -2.44. The Hall–Kier alpha value is -7.98. The van der Waals surface area contributed by atoms with Crippen molar-refractivity contribution in [2.75, 3.05) is 0 Å². The Morgan fingerprint density at radius 2 is 0.940 bits per heavy atom. The zero-order valence-electron chi connectivity index (χ0n) is 37.0. The van der Waals surface area contributed by atoms with Gasteiger partial charge in [0.1, 0.15) is 55.3 Å². The first kappa shape index (κ1) is 45.6. The smallest absolute Gasteiger partial charge is 0.339 e. The second-order valence-corrected chi connectivity index (χ2v) is 16.3. The second kappa shape index (κ2) is 22.8. The number of carbonyl (C=O) groups excluding carboxylic acids is 4. The molecule has 10 nitrogen and oxygen atoms in total. The molecule has 1 aliphatic carbocycles. The molecule has 1 saturated carbocycles. The summed E-state index contributed by atoms with van der Waals surface area (Å²) in [6, 6.07) is 53.9. The van der Waals surface area contributed by atoms with Crippen molar-refractivity contribution in [1.82, 2.24) is 5.32 Å². The van der Waals surface area contributed by atoms with Crippen molar-refractivity contribution in [1.29, 1.82) is 0 Å². The molecular weight excluding hydrogens is 843 g/mol. The van der Waals surface area contributed by atoms with Gasteiger partial charge in [-0.05, 0) is 84.0 Å². The van der Waals surface area contributed by atoms with Gasteiger partial charge >= 0.3 is 11.9 Å². The van der Waals surface area contributed by atoms with Crippen LogP contribution in [0.5, 0.6) is 17.2 Å². The normalized spacial score (nSPS) is 14.4. The largest absolute Gasteiger partial charge is 0.489 e. The first-order chi connectivity index (χ1) is 32.9. The van der Waals surface area contributed by atoms with Gasteiger partial charge in [0.25, 0.3) is 5.91 Å².